The zero-order valence-corrected chi connectivity index (χ0v) is 14.1. The monoisotopic (exact) mass is 345 g/mol. The van der Waals surface area contributed by atoms with Crippen molar-refractivity contribution in [3.63, 3.8) is 0 Å². The van der Waals surface area contributed by atoms with Crippen molar-refractivity contribution < 1.29 is 4.39 Å². The van der Waals surface area contributed by atoms with Gasteiger partial charge in [0.15, 0.2) is 0 Å². The molecule has 0 N–H and O–H groups in total. The van der Waals surface area contributed by atoms with E-state index < -0.39 is 5.69 Å². The van der Waals surface area contributed by atoms with E-state index in [0.717, 1.165) is 21.8 Å². The third-order valence-corrected chi connectivity index (χ3v) is 4.58. The Morgan fingerprint density at radius 3 is 2.21 bits per heavy atom. The van der Waals surface area contributed by atoms with Crippen molar-refractivity contribution >= 4 is 17.2 Å². The molecule has 0 saturated carbocycles. The molecule has 0 unspecified atom stereocenters. The van der Waals surface area contributed by atoms with Gasteiger partial charge in [0.25, 0.3) is 0 Å². The molecular weight excluding hydrogens is 329 g/mol. The molecule has 3 aromatic rings. The lowest BCUT2D eigenvalue weighted by Gasteiger charge is -2.12. The number of hydrogen-bond acceptors (Lipinski definition) is 4. The molecule has 7 heteroatoms. The first-order valence-corrected chi connectivity index (χ1v) is 8.08. The van der Waals surface area contributed by atoms with Gasteiger partial charge in [-0.3, -0.25) is 4.79 Å². The number of anilines is 1. The first-order valence-electron chi connectivity index (χ1n) is 7.31. The van der Waals surface area contributed by atoms with Crippen molar-refractivity contribution in [1.82, 2.24) is 8.52 Å². The van der Waals surface area contributed by atoms with Gasteiger partial charge in [-0.25, -0.2) is 17.7 Å². The normalized spacial score (nSPS) is 10.8. The minimum absolute atomic E-state index is 0.122. The quantitative estimate of drug-likeness (QED) is 0.729. The maximum Gasteiger partial charge on any atom is 0.346 e. The van der Waals surface area contributed by atoms with E-state index in [-0.39, 0.29) is 17.2 Å². The zero-order chi connectivity index (χ0) is 17.3. The Balaban J connectivity index is 1.95. The second-order valence-corrected chi connectivity index (χ2v) is 6.45. The minimum atomic E-state index is -0.396. The predicted octanol–water partition coefficient (Wildman–Crippen LogP) is 2.31. The van der Waals surface area contributed by atoms with Gasteiger partial charge in [0.2, 0.25) is 0 Å². The summed E-state index contributed by atoms with van der Waals surface area (Å²) in [6, 6.07) is 13.1. The summed E-state index contributed by atoms with van der Waals surface area (Å²) in [5, 5.41) is 0. The van der Waals surface area contributed by atoms with Crippen LogP contribution in [-0.4, -0.2) is 22.6 Å². The highest BCUT2D eigenvalue weighted by molar-refractivity contribution is 7.03. The van der Waals surface area contributed by atoms with Gasteiger partial charge in [-0.1, -0.05) is 12.1 Å². The van der Waals surface area contributed by atoms with Crippen LogP contribution >= 0.6 is 11.5 Å². The largest absolute Gasteiger partial charge is 0.378 e. The van der Waals surface area contributed by atoms with Crippen LogP contribution in [0.5, 0.6) is 0 Å². The molecule has 0 radical (unpaired) electrons. The first kappa shape index (κ1) is 16.2. The van der Waals surface area contributed by atoms with E-state index in [1.54, 1.807) is 24.3 Å². The van der Waals surface area contributed by atoms with Gasteiger partial charge in [0.1, 0.15) is 5.82 Å². The molecular formula is C17H16FN3O2S. The van der Waals surface area contributed by atoms with Gasteiger partial charge in [0.05, 0.1) is 12.2 Å². The second-order valence-electron chi connectivity index (χ2n) is 5.56. The summed E-state index contributed by atoms with van der Waals surface area (Å²) >= 11 is 0.855. The van der Waals surface area contributed by atoms with E-state index in [4.69, 9.17) is 0 Å². The molecule has 0 spiro atoms. The molecule has 5 nitrogen and oxygen atoms in total. The van der Waals surface area contributed by atoms with Crippen LogP contribution in [0.1, 0.15) is 5.56 Å². The van der Waals surface area contributed by atoms with Gasteiger partial charge in [0, 0.05) is 31.3 Å². The van der Waals surface area contributed by atoms with Crippen LogP contribution in [0.15, 0.2) is 58.1 Å². The van der Waals surface area contributed by atoms with Crippen LogP contribution in [0.25, 0.3) is 5.69 Å². The predicted molar refractivity (Wildman–Crippen MR) is 94.0 cm³/mol. The molecule has 0 bridgehead atoms. The lowest BCUT2D eigenvalue weighted by molar-refractivity contribution is 0.625. The number of rotatable bonds is 4. The highest BCUT2D eigenvalue weighted by atomic mass is 32.1. The smallest absolute Gasteiger partial charge is 0.346 e. The number of halogens is 1. The molecule has 0 saturated heterocycles. The highest BCUT2D eigenvalue weighted by Gasteiger charge is 2.12. The van der Waals surface area contributed by atoms with E-state index >= 15 is 0 Å². The van der Waals surface area contributed by atoms with Crippen molar-refractivity contribution in [2.75, 3.05) is 19.0 Å². The highest BCUT2D eigenvalue weighted by Crippen LogP contribution is 2.15. The number of nitrogens with zero attached hydrogens (tertiary/aromatic N) is 3. The molecule has 124 valence electrons. The van der Waals surface area contributed by atoms with E-state index in [0.29, 0.717) is 11.3 Å². The molecule has 0 aliphatic rings. The molecule has 0 aliphatic carbocycles. The van der Waals surface area contributed by atoms with Gasteiger partial charge < -0.3 is 4.90 Å². The Labute approximate surface area is 142 Å². The van der Waals surface area contributed by atoms with Crippen LogP contribution in [-0.2, 0) is 6.54 Å². The third-order valence-electron chi connectivity index (χ3n) is 3.65. The summed E-state index contributed by atoms with van der Waals surface area (Å²) in [5.41, 5.74) is 1.95. The SMILES string of the molecule is CN(C)c1ccc(-n2sc(=O)n(Cc3ccc(F)cc3)c2=O)cc1. The molecule has 0 aliphatic heterocycles. The van der Waals surface area contributed by atoms with E-state index in [1.165, 1.54) is 16.1 Å². The minimum Gasteiger partial charge on any atom is -0.378 e. The average Bonchev–Trinajstić information content (AvgIpc) is 2.85. The Kier molecular flexibility index (Phi) is 4.35. The molecule has 0 fully saturated rings. The second kappa shape index (κ2) is 6.45. The maximum absolute atomic E-state index is 13.0. The number of hydrogen-bond donors (Lipinski definition) is 0. The zero-order valence-electron chi connectivity index (χ0n) is 13.3. The third kappa shape index (κ3) is 3.16. The fourth-order valence-corrected chi connectivity index (χ4v) is 3.11. The summed E-state index contributed by atoms with van der Waals surface area (Å²) < 4.78 is 15.5. The average molecular weight is 345 g/mol. The van der Waals surface area contributed by atoms with Crippen LogP contribution in [0, 0.1) is 5.82 Å². The molecule has 0 amide bonds. The van der Waals surface area contributed by atoms with Crippen molar-refractivity contribution in [2.24, 2.45) is 0 Å². The lowest BCUT2D eigenvalue weighted by Crippen LogP contribution is -2.28. The van der Waals surface area contributed by atoms with E-state index in [2.05, 4.69) is 0 Å². The van der Waals surface area contributed by atoms with E-state index in [1.807, 2.05) is 31.1 Å². The van der Waals surface area contributed by atoms with Crippen LogP contribution < -0.4 is 15.5 Å². The van der Waals surface area contributed by atoms with Crippen LogP contribution in [0.4, 0.5) is 10.1 Å². The summed E-state index contributed by atoms with van der Waals surface area (Å²) in [6.07, 6.45) is 0. The van der Waals surface area contributed by atoms with Crippen molar-refractivity contribution in [2.45, 2.75) is 6.54 Å². The van der Waals surface area contributed by atoms with E-state index in [9.17, 15) is 14.0 Å². The van der Waals surface area contributed by atoms with Crippen molar-refractivity contribution in [3.8, 4) is 5.69 Å². The lowest BCUT2D eigenvalue weighted by atomic mass is 10.2. The molecule has 24 heavy (non-hydrogen) atoms. The molecule has 1 aromatic heterocycles. The Morgan fingerprint density at radius 2 is 1.62 bits per heavy atom. The van der Waals surface area contributed by atoms with Crippen LogP contribution in [0.2, 0.25) is 0 Å². The van der Waals surface area contributed by atoms with Gasteiger partial charge in [-0.2, -0.15) is 0 Å². The van der Waals surface area contributed by atoms with Gasteiger partial charge >= 0.3 is 10.6 Å². The standard InChI is InChI=1S/C17H16FN3O2S/c1-19(2)14-7-9-15(10-8-14)21-16(22)20(17(23)24-21)11-12-3-5-13(18)6-4-12/h3-10H,11H2,1-2H3. The fraction of sp³-hybridized carbons (Fsp3) is 0.176. The van der Waals surface area contributed by atoms with Gasteiger partial charge in [-0.05, 0) is 42.0 Å². The summed E-state index contributed by atoms with van der Waals surface area (Å²) in [5.74, 6) is -0.352. The molecule has 3 rings (SSSR count). The maximum atomic E-state index is 13.0. The summed E-state index contributed by atoms with van der Waals surface area (Å²) in [7, 11) is 3.86. The Morgan fingerprint density at radius 1 is 1.00 bits per heavy atom. The molecule has 1 heterocycles. The topological polar surface area (TPSA) is 47.2 Å². The Hall–Kier alpha value is -2.67. The number of benzene rings is 2. The summed E-state index contributed by atoms with van der Waals surface area (Å²) in [6.45, 7) is 0.122. The molecule has 0 atom stereocenters. The molecule has 2 aromatic carbocycles. The van der Waals surface area contributed by atoms with Crippen molar-refractivity contribution in [3.05, 3.63) is 80.1 Å². The first-order chi connectivity index (χ1) is 11.5. The fourth-order valence-electron chi connectivity index (χ4n) is 2.31. The number of aromatic nitrogens is 2. The Bertz CT molecular complexity index is 953. The summed E-state index contributed by atoms with van der Waals surface area (Å²) in [4.78, 5) is 26.3. The van der Waals surface area contributed by atoms with Crippen molar-refractivity contribution in [1.29, 1.82) is 0 Å². The van der Waals surface area contributed by atoms with Crippen LogP contribution in [0.3, 0.4) is 0 Å². The van der Waals surface area contributed by atoms with Gasteiger partial charge in [-0.15, -0.1) is 0 Å².